The Morgan fingerprint density at radius 1 is 1.58 bits per heavy atom. The van der Waals surface area contributed by atoms with Gasteiger partial charge < -0.3 is 10.6 Å². The van der Waals surface area contributed by atoms with Crippen LogP contribution in [0.25, 0.3) is 0 Å². The highest BCUT2D eigenvalue weighted by atomic mass is 15.2. The average Bonchev–Trinajstić information content (AvgIpc) is 2.43. The standard InChI is InChI=1S/C15H26N4/c1-13-9-15(12-16,6-8-18(13)2)19(3)11-14-5-4-7-17-10-14/h4-5,7,10,13H,6,8-9,11-12,16H2,1-3H3. The molecule has 0 aliphatic carbocycles. The van der Waals surface area contributed by atoms with Crippen molar-refractivity contribution in [2.45, 2.75) is 37.9 Å². The third-order valence-electron chi connectivity index (χ3n) is 4.69. The molecule has 1 fully saturated rings. The van der Waals surface area contributed by atoms with Crippen molar-refractivity contribution in [1.29, 1.82) is 0 Å². The lowest BCUT2D eigenvalue weighted by atomic mass is 9.82. The second-order valence-electron chi connectivity index (χ2n) is 5.93. The number of aromatic nitrogens is 1. The summed E-state index contributed by atoms with van der Waals surface area (Å²) in [6, 6.07) is 4.72. The molecular weight excluding hydrogens is 236 g/mol. The number of piperidine rings is 1. The molecule has 0 aromatic carbocycles. The van der Waals surface area contributed by atoms with Crippen LogP contribution in [-0.4, -0.2) is 53.5 Å². The molecule has 0 saturated carbocycles. The van der Waals surface area contributed by atoms with Crippen molar-refractivity contribution in [2.24, 2.45) is 5.73 Å². The highest BCUT2D eigenvalue weighted by Gasteiger charge is 2.39. The normalized spacial score (nSPS) is 28.8. The Labute approximate surface area is 116 Å². The quantitative estimate of drug-likeness (QED) is 0.889. The van der Waals surface area contributed by atoms with E-state index < -0.39 is 0 Å². The van der Waals surface area contributed by atoms with Gasteiger partial charge in [-0.3, -0.25) is 9.88 Å². The third kappa shape index (κ3) is 3.14. The van der Waals surface area contributed by atoms with E-state index in [-0.39, 0.29) is 5.54 Å². The van der Waals surface area contributed by atoms with Gasteiger partial charge in [0, 0.05) is 37.1 Å². The summed E-state index contributed by atoms with van der Waals surface area (Å²) in [4.78, 5) is 9.04. The van der Waals surface area contributed by atoms with E-state index in [9.17, 15) is 0 Å². The maximum atomic E-state index is 6.12. The van der Waals surface area contributed by atoms with E-state index in [1.54, 1.807) is 0 Å². The number of nitrogens with zero attached hydrogens (tertiary/aromatic N) is 3. The molecule has 1 aromatic rings. The Morgan fingerprint density at radius 2 is 2.37 bits per heavy atom. The Kier molecular flexibility index (Phi) is 4.55. The monoisotopic (exact) mass is 262 g/mol. The molecule has 4 heteroatoms. The zero-order chi connectivity index (χ0) is 13.9. The number of likely N-dealkylation sites (tertiary alicyclic amines) is 1. The van der Waals surface area contributed by atoms with Crippen molar-refractivity contribution in [1.82, 2.24) is 14.8 Å². The molecule has 2 atom stereocenters. The van der Waals surface area contributed by atoms with Crippen molar-refractivity contribution < 1.29 is 0 Å². The summed E-state index contributed by atoms with van der Waals surface area (Å²) in [5, 5.41) is 0. The molecule has 1 aromatic heterocycles. The number of hydrogen-bond donors (Lipinski definition) is 1. The van der Waals surface area contributed by atoms with Gasteiger partial charge in [-0.25, -0.2) is 0 Å². The maximum absolute atomic E-state index is 6.12. The van der Waals surface area contributed by atoms with Crippen LogP contribution in [0, 0.1) is 0 Å². The van der Waals surface area contributed by atoms with E-state index in [2.05, 4.69) is 41.9 Å². The average molecular weight is 262 g/mol. The van der Waals surface area contributed by atoms with E-state index in [1.807, 2.05) is 18.5 Å². The summed E-state index contributed by atoms with van der Waals surface area (Å²) in [6.45, 7) is 5.06. The first-order chi connectivity index (χ1) is 9.07. The minimum atomic E-state index is 0.127. The molecule has 2 heterocycles. The summed E-state index contributed by atoms with van der Waals surface area (Å²) in [7, 11) is 4.39. The number of nitrogens with two attached hydrogens (primary N) is 1. The number of pyridine rings is 1. The Morgan fingerprint density at radius 3 is 2.95 bits per heavy atom. The second-order valence-corrected chi connectivity index (χ2v) is 5.93. The van der Waals surface area contributed by atoms with Gasteiger partial charge >= 0.3 is 0 Å². The molecule has 106 valence electrons. The van der Waals surface area contributed by atoms with E-state index in [4.69, 9.17) is 5.73 Å². The second kappa shape index (κ2) is 5.99. The minimum Gasteiger partial charge on any atom is -0.329 e. The molecule has 0 bridgehead atoms. The van der Waals surface area contributed by atoms with Gasteiger partial charge in [-0.2, -0.15) is 0 Å². The van der Waals surface area contributed by atoms with Gasteiger partial charge in [0.15, 0.2) is 0 Å². The Hall–Kier alpha value is -0.970. The summed E-state index contributed by atoms with van der Waals surface area (Å²) in [5.74, 6) is 0. The predicted octanol–water partition coefficient (Wildman–Crippen LogP) is 1.32. The zero-order valence-corrected chi connectivity index (χ0v) is 12.3. The van der Waals surface area contributed by atoms with E-state index in [0.717, 1.165) is 32.5 Å². The van der Waals surface area contributed by atoms with Crippen LogP contribution in [0.15, 0.2) is 24.5 Å². The minimum absolute atomic E-state index is 0.127. The van der Waals surface area contributed by atoms with E-state index in [0.29, 0.717) is 6.04 Å². The molecule has 0 radical (unpaired) electrons. The molecule has 2 rings (SSSR count). The molecule has 0 amide bonds. The molecule has 0 spiro atoms. The highest BCUT2D eigenvalue weighted by Crippen LogP contribution is 2.31. The van der Waals surface area contributed by atoms with Gasteiger partial charge in [0.25, 0.3) is 0 Å². The summed E-state index contributed by atoms with van der Waals surface area (Å²) < 4.78 is 0. The zero-order valence-electron chi connectivity index (χ0n) is 12.3. The molecular formula is C15H26N4. The van der Waals surface area contributed by atoms with Crippen LogP contribution in [0.4, 0.5) is 0 Å². The van der Waals surface area contributed by atoms with Crippen molar-refractivity contribution in [3.63, 3.8) is 0 Å². The smallest absolute Gasteiger partial charge is 0.0359 e. The van der Waals surface area contributed by atoms with Crippen LogP contribution in [0.5, 0.6) is 0 Å². The van der Waals surface area contributed by atoms with Crippen LogP contribution >= 0.6 is 0 Å². The number of hydrogen-bond acceptors (Lipinski definition) is 4. The van der Waals surface area contributed by atoms with Crippen molar-refractivity contribution in [3.05, 3.63) is 30.1 Å². The molecule has 1 aliphatic rings. The Balaban J connectivity index is 2.08. The van der Waals surface area contributed by atoms with Crippen LogP contribution in [-0.2, 0) is 6.54 Å². The lowest BCUT2D eigenvalue weighted by Crippen LogP contribution is -2.59. The molecule has 19 heavy (non-hydrogen) atoms. The molecule has 4 nitrogen and oxygen atoms in total. The van der Waals surface area contributed by atoms with E-state index in [1.165, 1.54) is 5.56 Å². The fourth-order valence-corrected chi connectivity index (χ4v) is 3.03. The van der Waals surface area contributed by atoms with Gasteiger partial charge in [0.1, 0.15) is 0 Å². The first kappa shape index (κ1) is 14.4. The van der Waals surface area contributed by atoms with Gasteiger partial charge in [-0.15, -0.1) is 0 Å². The van der Waals surface area contributed by atoms with Crippen LogP contribution in [0.1, 0.15) is 25.3 Å². The van der Waals surface area contributed by atoms with Gasteiger partial charge in [0.2, 0.25) is 0 Å². The summed E-state index contributed by atoms with van der Waals surface area (Å²) >= 11 is 0. The lowest BCUT2D eigenvalue weighted by Gasteiger charge is -2.49. The number of rotatable bonds is 4. The SMILES string of the molecule is CC1CC(CN)(N(C)Cc2cccnc2)CCN1C. The fraction of sp³-hybridized carbons (Fsp3) is 0.667. The van der Waals surface area contributed by atoms with Crippen molar-refractivity contribution in [2.75, 3.05) is 27.2 Å². The highest BCUT2D eigenvalue weighted by molar-refractivity contribution is 5.10. The Bertz CT molecular complexity index is 394. The van der Waals surface area contributed by atoms with Gasteiger partial charge in [-0.1, -0.05) is 6.07 Å². The van der Waals surface area contributed by atoms with Crippen LogP contribution < -0.4 is 5.73 Å². The molecule has 1 saturated heterocycles. The fourth-order valence-electron chi connectivity index (χ4n) is 3.03. The maximum Gasteiger partial charge on any atom is 0.0359 e. The topological polar surface area (TPSA) is 45.4 Å². The first-order valence-corrected chi connectivity index (χ1v) is 7.08. The van der Waals surface area contributed by atoms with Crippen molar-refractivity contribution in [3.8, 4) is 0 Å². The predicted molar refractivity (Wildman–Crippen MR) is 78.8 cm³/mol. The third-order valence-corrected chi connectivity index (χ3v) is 4.69. The summed E-state index contributed by atoms with van der Waals surface area (Å²) in [5.41, 5.74) is 7.51. The molecule has 2 N–H and O–H groups in total. The summed E-state index contributed by atoms with van der Waals surface area (Å²) in [6.07, 6.45) is 6.04. The van der Waals surface area contributed by atoms with Crippen LogP contribution in [0.3, 0.4) is 0 Å². The van der Waals surface area contributed by atoms with Gasteiger partial charge in [-0.05, 0) is 52.0 Å². The molecule has 2 unspecified atom stereocenters. The molecule has 1 aliphatic heterocycles. The lowest BCUT2D eigenvalue weighted by molar-refractivity contribution is 0.0221. The van der Waals surface area contributed by atoms with Gasteiger partial charge in [0.05, 0.1) is 0 Å². The first-order valence-electron chi connectivity index (χ1n) is 7.08. The largest absolute Gasteiger partial charge is 0.329 e. The number of likely N-dealkylation sites (N-methyl/N-ethyl adjacent to an activating group) is 1. The van der Waals surface area contributed by atoms with E-state index >= 15 is 0 Å². The van der Waals surface area contributed by atoms with Crippen molar-refractivity contribution >= 4 is 0 Å². The van der Waals surface area contributed by atoms with Crippen LogP contribution in [0.2, 0.25) is 0 Å².